The Morgan fingerprint density at radius 2 is 1.95 bits per heavy atom. The van der Waals surface area contributed by atoms with E-state index in [2.05, 4.69) is 41.4 Å². The van der Waals surface area contributed by atoms with Crippen molar-refractivity contribution in [2.75, 3.05) is 32.8 Å². The molecule has 1 aromatic carbocycles. The van der Waals surface area contributed by atoms with Gasteiger partial charge in [0.05, 0.1) is 6.61 Å². The average Bonchev–Trinajstić information content (AvgIpc) is 2.54. The second kappa shape index (κ2) is 8.15. The van der Waals surface area contributed by atoms with Crippen molar-refractivity contribution < 1.29 is 9.53 Å². The van der Waals surface area contributed by atoms with Gasteiger partial charge in [0.1, 0.15) is 6.04 Å². The molecule has 4 heteroatoms. The van der Waals surface area contributed by atoms with Crippen LogP contribution >= 0.6 is 0 Å². The van der Waals surface area contributed by atoms with Crippen LogP contribution in [0.1, 0.15) is 31.7 Å². The fourth-order valence-corrected chi connectivity index (χ4v) is 2.88. The molecule has 4 nitrogen and oxygen atoms in total. The van der Waals surface area contributed by atoms with Crippen molar-refractivity contribution in [2.24, 2.45) is 0 Å². The van der Waals surface area contributed by atoms with Crippen LogP contribution in [-0.4, -0.2) is 49.7 Å². The van der Waals surface area contributed by atoms with Crippen LogP contribution < -0.4 is 5.32 Å². The van der Waals surface area contributed by atoms with Gasteiger partial charge in [-0.25, -0.2) is 0 Å². The summed E-state index contributed by atoms with van der Waals surface area (Å²) in [4.78, 5) is 14.6. The molecule has 1 aromatic rings. The molecule has 1 aliphatic rings. The molecule has 1 heterocycles. The molecule has 0 bridgehead atoms. The number of piperazine rings is 1. The maximum absolute atomic E-state index is 12.3. The highest BCUT2D eigenvalue weighted by molar-refractivity contribution is 5.76. The minimum absolute atomic E-state index is 0.0813. The number of nitrogens with one attached hydrogen (secondary N) is 1. The maximum Gasteiger partial charge on any atom is 0.323 e. The molecule has 116 valence electrons. The predicted octanol–water partition coefficient (Wildman–Crippen LogP) is 2.02. The van der Waals surface area contributed by atoms with Crippen molar-refractivity contribution in [1.82, 2.24) is 10.2 Å². The number of benzene rings is 1. The summed E-state index contributed by atoms with van der Waals surface area (Å²) in [5, 5.41) is 3.33. The highest BCUT2D eigenvalue weighted by Crippen LogP contribution is 2.23. The molecule has 0 aromatic heterocycles. The molecule has 1 N–H and O–H groups in total. The molecule has 0 aliphatic carbocycles. The first-order valence-electron chi connectivity index (χ1n) is 7.88. The average molecular weight is 290 g/mol. The van der Waals surface area contributed by atoms with Gasteiger partial charge < -0.3 is 10.1 Å². The number of nitrogens with zero attached hydrogens (tertiary/aromatic N) is 1. The van der Waals surface area contributed by atoms with Crippen molar-refractivity contribution in [3.8, 4) is 0 Å². The quantitative estimate of drug-likeness (QED) is 0.814. The first kappa shape index (κ1) is 16.0. The van der Waals surface area contributed by atoms with Crippen LogP contribution in [0.15, 0.2) is 30.3 Å². The Morgan fingerprint density at radius 3 is 2.57 bits per heavy atom. The van der Waals surface area contributed by atoms with E-state index in [0.717, 1.165) is 32.6 Å². The highest BCUT2D eigenvalue weighted by Gasteiger charge is 2.30. The monoisotopic (exact) mass is 290 g/mol. The molecule has 1 aliphatic heterocycles. The second-order valence-corrected chi connectivity index (χ2v) is 5.60. The number of esters is 1. The minimum Gasteiger partial charge on any atom is -0.465 e. The summed E-state index contributed by atoms with van der Waals surface area (Å²) in [5.74, 6) is 0.262. The van der Waals surface area contributed by atoms with Crippen molar-refractivity contribution >= 4 is 5.97 Å². The summed E-state index contributed by atoms with van der Waals surface area (Å²) in [7, 11) is 0. The van der Waals surface area contributed by atoms with Gasteiger partial charge in [-0.2, -0.15) is 0 Å². The number of carbonyl (C=O) groups excluding carboxylic acids is 1. The fraction of sp³-hybridized carbons (Fsp3) is 0.588. The van der Waals surface area contributed by atoms with Crippen LogP contribution in [-0.2, 0) is 9.53 Å². The van der Waals surface area contributed by atoms with Crippen LogP contribution in [0.5, 0.6) is 0 Å². The Balaban J connectivity index is 2.05. The summed E-state index contributed by atoms with van der Waals surface area (Å²) >= 11 is 0. The molecule has 2 unspecified atom stereocenters. The molecule has 0 amide bonds. The topological polar surface area (TPSA) is 41.6 Å². The lowest BCUT2D eigenvalue weighted by Crippen LogP contribution is -2.52. The smallest absolute Gasteiger partial charge is 0.323 e. The van der Waals surface area contributed by atoms with Crippen molar-refractivity contribution in [3.63, 3.8) is 0 Å². The zero-order valence-corrected chi connectivity index (χ0v) is 13.0. The lowest BCUT2D eigenvalue weighted by Gasteiger charge is -2.34. The maximum atomic E-state index is 12.3. The van der Waals surface area contributed by atoms with Gasteiger partial charge in [-0.3, -0.25) is 9.69 Å². The van der Waals surface area contributed by atoms with Gasteiger partial charge in [0.2, 0.25) is 0 Å². The standard InChI is InChI=1S/C17H26N2O2/c1-3-21-17(20)16(19-11-9-18-10-12-19)13-14(2)15-7-5-4-6-8-15/h4-8,14,16,18H,3,9-13H2,1-2H3. The highest BCUT2D eigenvalue weighted by atomic mass is 16.5. The third-order valence-corrected chi connectivity index (χ3v) is 4.10. The van der Waals surface area contributed by atoms with Crippen molar-refractivity contribution in [2.45, 2.75) is 32.2 Å². The fourth-order valence-electron chi connectivity index (χ4n) is 2.88. The third kappa shape index (κ3) is 4.55. The van der Waals surface area contributed by atoms with Gasteiger partial charge in [0.25, 0.3) is 0 Å². The number of carbonyl (C=O) groups is 1. The van der Waals surface area contributed by atoms with E-state index in [1.807, 2.05) is 13.0 Å². The van der Waals surface area contributed by atoms with Gasteiger partial charge in [-0.1, -0.05) is 37.3 Å². The Bertz CT molecular complexity index is 430. The molecule has 1 saturated heterocycles. The van der Waals surface area contributed by atoms with Gasteiger partial charge in [0.15, 0.2) is 0 Å². The van der Waals surface area contributed by atoms with Gasteiger partial charge in [-0.15, -0.1) is 0 Å². The molecule has 21 heavy (non-hydrogen) atoms. The van der Waals surface area contributed by atoms with Gasteiger partial charge in [0, 0.05) is 26.2 Å². The van der Waals surface area contributed by atoms with Crippen LogP contribution in [0.25, 0.3) is 0 Å². The first-order chi connectivity index (χ1) is 10.2. The number of hydrogen-bond acceptors (Lipinski definition) is 4. The largest absolute Gasteiger partial charge is 0.465 e. The lowest BCUT2D eigenvalue weighted by atomic mass is 9.93. The third-order valence-electron chi connectivity index (χ3n) is 4.10. The molecular weight excluding hydrogens is 264 g/mol. The first-order valence-corrected chi connectivity index (χ1v) is 7.88. The van der Waals surface area contributed by atoms with E-state index in [4.69, 9.17) is 4.74 Å². The summed E-state index contributed by atoms with van der Waals surface area (Å²) in [5.41, 5.74) is 1.28. The Morgan fingerprint density at radius 1 is 1.29 bits per heavy atom. The van der Waals surface area contributed by atoms with Gasteiger partial charge in [-0.05, 0) is 24.8 Å². The van der Waals surface area contributed by atoms with Crippen LogP contribution in [0.2, 0.25) is 0 Å². The molecule has 2 atom stereocenters. The summed E-state index contributed by atoms with van der Waals surface area (Å²) in [6.45, 7) is 8.19. The minimum atomic E-state index is -0.137. The van der Waals surface area contributed by atoms with E-state index in [1.54, 1.807) is 0 Å². The van der Waals surface area contributed by atoms with E-state index in [0.29, 0.717) is 12.5 Å². The Labute approximate surface area is 127 Å². The molecule has 0 radical (unpaired) electrons. The number of hydrogen-bond donors (Lipinski definition) is 1. The second-order valence-electron chi connectivity index (χ2n) is 5.60. The van der Waals surface area contributed by atoms with Crippen molar-refractivity contribution in [1.29, 1.82) is 0 Å². The molecule has 0 spiro atoms. The van der Waals surface area contributed by atoms with Crippen LogP contribution in [0, 0.1) is 0 Å². The summed E-state index contributed by atoms with van der Waals surface area (Å²) in [6.07, 6.45) is 0.808. The normalized spacial score (nSPS) is 19.0. The van der Waals surface area contributed by atoms with E-state index in [-0.39, 0.29) is 12.0 Å². The summed E-state index contributed by atoms with van der Waals surface area (Å²) < 4.78 is 5.29. The molecule has 2 rings (SSSR count). The predicted molar refractivity (Wildman–Crippen MR) is 84.3 cm³/mol. The molecule has 1 fully saturated rings. The Hall–Kier alpha value is -1.39. The molecular formula is C17H26N2O2. The van der Waals surface area contributed by atoms with E-state index in [1.165, 1.54) is 5.56 Å². The van der Waals surface area contributed by atoms with E-state index < -0.39 is 0 Å². The number of rotatable bonds is 6. The molecule has 0 saturated carbocycles. The SMILES string of the molecule is CCOC(=O)C(CC(C)c1ccccc1)N1CCNCC1. The van der Waals surface area contributed by atoms with Crippen LogP contribution in [0.4, 0.5) is 0 Å². The Kier molecular flexibility index (Phi) is 6.21. The van der Waals surface area contributed by atoms with Crippen LogP contribution in [0.3, 0.4) is 0 Å². The number of ether oxygens (including phenoxy) is 1. The summed E-state index contributed by atoms with van der Waals surface area (Å²) in [6, 6.07) is 10.2. The zero-order chi connectivity index (χ0) is 15.1. The van der Waals surface area contributed by atoms with Gasteiger partial charge >= 0.3 is 5.97 Å². The van der Waals surface area contributed by atoms with E-state index in [9.17, 15) is 4.79 Å². The van der Waals surface area contributed by atoms with Crippen molar-refractivity contribution in [3.05, 3.63) is 35.9 Å². The zero-order valence-electron chi connectivity index (χ0n) is 13.0. The lowest BCUT2D eigenvalue weighted by molar-refractivity contribution is -0.150. The van der Waals surface area contributed by atoms with E-state index >= 15 is 0 Å².